The number of nitrogens with two attached hydrogens (primary N) is 1. The summed E-state index contributed by atoms with van der Waals surface area (Å²) in [6, 6.07) is 0.159. The van der Waals surface area contributed by atoms with E-state index in [1.165, 1.54) is 0 Å². The highest BCUT2D eigenvalue weighted by Crippen LogP contribution is 2.07. The molecule has 0 saturated heterocycles. The molecule has 0 radical (unpaired) electrons. The summed E-state index contributed by atoms with van der Waals surface area (Å²) in [4.78, 5) is 14.3. The Bertz CT molecular complexity index is 230. The third-order valence-electron chi connectivity index (χ3n) is 2.75. The molecule has 0 fully saturated rings. The number of nitrogens with one attached hydrogen (secondary N) is 1. The summed E-state index contributed by atoms with van der Waals surface area (Å²) in [5.41, 5.74) is 5.65. The van der Waals surface area contributed by atoms with Crippen molar-refractivity contribution in [1.29, 1.82) is 0 Å². The smallest absolute Gasteiger partial charge is 0.222 e. The van der Waals surface area contributed by atoms with Gasteiger partial charge in [0.25, 0.3) is 0 Å². The number of amides is 1. The zero-order valence-corrected chi connectivity index (χ0v) is 12.8. The molecule has 0 spiro atoms. The van der Waals surface area contributed by atoms with Gasteiger partial charge >= 0.3 is 0 Å². The first-order chi connectivity index (χ1) is 8.34. The highest BCUT2D eigenvalue weighted by molar-refractivity contribution is 5.77. The first kappa shape index (κ1) is 17.4. The van der Waals surface area contributed by atoms with Crippen molar-refractivity contribution in [2.24, 2.45) is 5.73 Å². The largest absolute Gasteiger partial charge is 0.351 e. The Morgan fingerprint density at radius 1 is 1.22 bits per heavy atom. The molecule has 0 rings (SSSR count). The Labute approximate surface area is 112 Å². The van der Waals surface area contributed by atoms with Crippen LogP contribution >= 0.6 is 0 Å². The molecule has 1 unspecified atom stereocenters. The first-order valence-corrected chi connectivity index (χ1v) is 7.09. The van der Waals surface area contributed by atoms with Crippen molar-refractivity contribution in [3.8, 4) is 0 Å². The molecule has 0 saturated carbocycles. The predicted octanol–water partition coefficient (Wildman–Crippen LogP) is 1.74. The van der Waals surface area contributed by atoms with Gasteiger partial charge in [-0.15, -0.1) is 0 Å². The zero-order valence-electron chi connectivity index (χ0n) is 12.8. The first-order valence-electron chi connectivity index (χ1n) is 7.09. The lowest BCUT2D eigenvalue weighted by Gasteiger charge is -2.31. The number of carbonyl (C=O) groups is 1. The van der Waals surface area contributed by atoms with Crippen LogP contribution < -0.4 is 11.1 Å². The van der Waals surface area contributed by atoms with Crippen LogP contribution in [0.5, 0.6) is 0 Å². The molecule has 0 aliphatic rings. The molecule has 0 aromatic rings. The number of rotatable bonds is 8. The summed E-state index contributed by atoms with van der Waals surface area (Å²) in [7, 11) is 0. The minimum atomic E-state index is -0.170. The average Bonchev–Trinajstić information content (AvgIpc) is 2.23. The fourth-order valence-electron chi connectivity index (χ4n) is 2.10. The zero-order chi connectivity index (χ0) is 14.2. The molecule has 4 nitrogen and oxygen atoms in total. The Kier molecular flexibility index (Phi) is 8.20. The van der Waals surface area contributed by atoms with Gasteiger partial charge < -0.3 is 11.1 Å². The average molecular weight is 257 g/mol. The second kappa shape index (κ2) is 8.48. The quantitative estimate of drug-likeness (QED) is 0.696. The monoisotopic (exact) mass is 257 g/mol. The van der Waals surface area contributed by atoms with Crippen LogP contribution in [0.1, 0.15) is 53.9 Å². The van der Waals surface area contributed by atoms with Crippen LogP contribution in [0, 0.1) is 0 Å². The van der Waals surface area contributed by atoms with E-state index in [-0.39, 0.29) is 17.5 Å². The Hall–Kier alpha value is -0.610. The molecular formula is C14H31N3O. The van der Waals surface area contributed by atoms with Gasteiger partial charge in [0.1, 0.15) is 0 Å². The van der Waals surface area contributed by atoms with Crippen LogP contribution in [-0.4, -0.2) is 42.0 Å². The van der Waals surface area contributed by atoms with E-state index < -0.39 is 0 Å². The van der Waals surface area contributed by atoms with Gasteiger partial charge in [0.05, 0.1) is 0 Å². The van der Waals surface area contributed by atoms with E-state index in [4.69, 9.17) is 5.73 Å². The van der Waals surface area contributed by atoms with Gasteiger partial charge in [-0.05, 0) is 46.7 Å². The van der Waals surface area contributed by atoms with Crippen molar-refractivity contribution in [3.05, 3.63) is 0 Å². The maximum Gasteiger partial charge on any atom is 0.222 e. The van der Waals surface area contributed by atoms with Crippen molar-refractivity contribution in [1.82, 2.24) is 10.2 Å². The summed E-state index contributed by atoms with van der Waals surface area (Å²) < 4.78 is 0. The molecule has 0 aliphatic heterocycles. The van der Waals surface area contributed by atoms with E-state index >= 15 is 0 Å². The molecular weight excluding hydrogens is 226 g/mol. The fourth-order valence-corrected chi connectivity index (χ4v) is 2.10. The highest BCUT2D eigenvalue weighted by atomic mass is 16.1. The second-order valence-electron chi connectivity index (χ2n) is 5.93. The number of hydrogen-bond donors (Lipinski definition) is 2. The molecule has 0 heterocycles. The topological polar surface area (TPSA) is 58.4 Å². The lowest BCUT2D eigenvalue weighted by atomic mass is 10.1. The van der Waals surface area contributed by atoms with E-state index in [1.807, 2.05) is 20.8 Å². The summed E-state index contributed by atoms with van der Waals surface area (Å²) in [5, 5.41) is 3.00. The second-order valence-corrected chi connectivity index (χ2v) is 5.93. The van der Waals surface area contributed by atoms with E-state index in [0.29, 0.717) is 13.0 Å². The SMILES string of the molecule is CCCN(CCC)C(CN)CC(=O)NC(C)(C)C. The lowest BCUT2D eigenvalue weighted by Crippen LogP contribution is -2.47. The predicted molar refractivity (Wildman–Crippen MR) is 77.5 cm³/mol. The molecule has 0 bridgehead atoms. The van der Waals surface area contributed by atoms with Crippen LogP contribution in [0.3, 0.4) is 0 Å². The Morgan fingerprint density at radius 2 is 1.72 bits per heavy atom. The molecule has 0 aliphatic carbocycles. The molecule has 18 heavy (non-hydrogen) atoms. The maximum atomic E-state index is 11.9. The van der Waals surface area contributed by atoms with Crippen LogP contribution in [-0.2, 0) is 4.79 Å². The number of hydrogen-bond acceptors (Lipinski definition) is 3. The highest BCUT2D eigenvalue weighted by Gasteiger charge is 2.21. The minimum Gasteiger partial charge on any atom is -0.351 e. The summed E-state index contributed by atoms with van der Waals surface area (Å²) >= 11 is 0. The summed E-state index contributed by atoms with van der Waals surface area (Å²) in [5.74, 6) is 0.0927. The van der Waals surface area contributed by atoms with Gasteiger partial charge in [-0.2, -0.15) is 0 Å². The van der Waals surface area contributed by atoms with Crippen molar-refractivity contribution in [2.45, 2.75) is 65.5 Å². The minimum absolute atomic E-state index is 0.0927. The summed E-state index contributed by atoms with van der Waals surface area (Å²) in [6.07, 6.45) is 2.68. The molecule has 1 atom stereocenters. The molecule has 3 N–H and O–H groups in total. The third kappa shape index (κ3) is 7.67. The van der Waals surface area contributed by atoms with Crippen molar-refractivity contribution < 1.29 is 4.79 Å². The number of carbonyl (C=O) groups excluding carboxylic acids is 1. The normalized spacial score (nSPS) is 13.7. The summed E-state index contributed by atoms with van der Waals surface area (Å²) in [6.45, 7) is 12.9. The Balaban J connectivity index is 4.41. The molecule has 0 aromatic carbocycles. The van der Waals surface area contributed by atoms with E-state index in [0.717, 1.165) is 25.9 Å². The van der Waals surface area contributed by atoms with Gasteiger partial charge in [0, 0.05) is 24.5 Å². The van der Waals surface area contributed by atoms with Crippen LogP contribution in [0.15, 0.2) is 0 Å². The van der Waals surface area contributed by atoms with Gasteiger partial charge in [0.15, 0.2) is 0 Å². The third-order valence-corrected chi connectivity index (χ3v) is 2.75. The number of nitrogens with zero attached hydrogens (tertiary/aromatic N) is 1. The van der Waals surface area contributed by atoms with Crippen molar-refractivity contribution in [3.63, 3.8) is 0 Å². The fraction of sp³-hybridized carbons (Fsp3) is 0.929. The van der Waals surface area contributed by atoms with E-state index in [9.17, 15) is 4.79 Å². The standard InChI is InChI=1S/C14H31N3O/c1-6-8-17(9-7-2)12(11-15)10-13(18)16-14(3,4)5/h12H,6-11,15H2,1-5H3,(H,16,18). The lowest BCUT2D eigenvalue weighted by molar-refractivity contribution is -0.123. The maximum absolute atomic E-state index is 11.9. The van der Waals surface area contributed by atoms with Crippen molar-refractivity contribution in [2.75, 3.05) is 19.6 Å². The van der Waals surface area contributed by atoms with E-state index in [2.05, 4.69) is 24.1 Å². The van der Waals surface area contributed by atoms with Gasteiger partial charge in [0.2, 0.25) is 5.91 Å². The molecule has 108 valence electrons. The van der Waals surface area contributed by atoms with Crippen LogP contribution in [0.2, 0.25) is 0 Å². The molecule has 4 heteroatoms. The van der Waals surface area contributed by atoms with Crippen LogP contribution in [0.25, 0.3) is 0 Å². The molecule has 0 aromatic heterocycles. The van der Waals surface area contributed by atoms with Gasteiger partial charge in [-0.1, -0.05) is 13.8 Å². The van der Waals surface area contributed by atoms with E-state index in [1.54, 1.807) is 0 Å². The van der Waals surface area contributed by atoms with Crippen LogP contribution in [0.4, 0.5) is 0 Å². The van der Waals surface area contributed by atoms with Gasteiger partial charge in [-0.25, -0.2) is 0 Å². The Morgan fingerprint density at radius 3 is 2.06 bits per heavy atom. The van der Waals surface area contributed by atoms with Crippen molar-refractivity contribution >= 4 is 5.91 Å². The van der Waals surface area contributed by atoms with Gasteiger partial charge in [-0.3, -0.25) is 9.69 Å². The molecule has 1 amide bonds.